The van der Waals surface area contributed by atoms with Gasteiger partial charge in [0.05, 0.1) is 19.0 Å². The zero-order valence-electron chi connectivity index (χ0n) is 13.4. The van der Waals surface area contributed by atoms with Crippen LogP contribution in [-0.2, 0) is 0 Å². The van der Waals surface area contributed by atoms with Crippen LogP contribution in [0.5, 0.6) is 11.5 Å². The van der Waals surface area contributed by atoms with Gasteiger partial charge >= 0.3 is 0 Å². The molecule has 0 radical (unpaired) electrons. The van der Waals surface area contributed by atoms with Crippen molar-refractivity contribution in [3.05, 3.63) is 71.0 Å². The van der Waals surface area contributed by atoms with Crippen LogP contribution in [0.25, 0.3) is 5.69 Å². The van der Waals surface area contributed by atoms with E-state index in [0.29, 0.717) is 10.7 Å². The van der Waals surface area contributed by atoms with Crippen molar-refractivity contribution in [3.63, 3.8) is 0 Å². The number of aromatic nitrogens is 1. The number of benzene rings is 2. The molecule has 0 aliphatic carbocycles. The second kappa shape index (κ2) is 6.81. The van der Waals surface area contributed by atoms with E-state index in [1.807, 2.05) is 43.3 Å². The number of hydrogen-bond acceptors (Lipinski definition) is 3. The number of ether oxygens (including phenoxy) is 1. The fourth-order valence-corrected chi connectivity index (χ4v) is 2.65. The Hall–Kier alpha value is -2.72. The number of rotatable bonds is 4. The van der Waals surface area contributed by atoms with Crippen molar-refractivity contribution in [2.45, 2.75) is 6.92 Å². The van der Waals surface area contributed by atoms with Gasteiger partial charge in [-0.25, -0.2) is 0 Å². The Labute approximate surface area is 145 Å². The summed E-state index contributed by atoms with van der Waals surface area (Å²) in [7, 11) is 1.65. The second-order valence-corrected chi connectivity index (χ2v) is 5.76. The molecule has 0 fully saturated rings. The van der Waals surface area contributed by atoms with Crippen LogP contribution < -0.4 is 4.74 Å². The molecule has 122 valence electrons. The molecule has 1 heterocycles. The lowest BCUT2D eigenvalue weighted by molar-refractivity contribution is 0.414. The summed E-state index contributed by atoms with van der Waals surface area (Å²) in [6.07, 6.45) is 1.72. The third kappa shape index (κ3) is 3.29. The molecule has 4 nitrogen and oxygen atoms in total. The lowest BCUT2D eigenvalue weighted by atomic mass is 10.3. The molecular formula is C19H17ClN2O2. The molecule has 1 N–H and O–H groups in total. The van der Waals surface area contributed by atoms with E-state index in [1.54, 1.807) is 25.5 Å². The van der Waals surface area contributed by atoms with Crippen LogP contribution in [0.15, 0.2) is 59.6 Å². The van der Waals surface area contributed by atoms with Crippen molar-refractivity contribution in [1.82, 2.24) is 4.57 Å². The lowest BCUT2D eigenvalue weighted by Gasteiger charge is -2.10. The van der Waals surface area contributed by atoms with Gasteiger partial charge in [0, 0.05) is 22.5 Å². The summed E-state index contributed by atoms with van der Waals surface area (Å²) in [6.45, 7) is 2.03. The van der Waals surface area contributed by atoms with E-state index >= 15 is 0 Å². The molecule has 1 aromatic heterocycles. The average Bonchev–Trinajstić information content (AvgIpc) is 2.95. The first-order valence-corrected chi connectivity index (χ1v) is 7.81. The highest BCUT2D eigenvalue weighted by atomic mass is 35.5. The van der Waals surface area contributed by atoms with E-state index in [-0.39, 0.29) is 5.75 Å². The average molecular weight is 341 g/mol. The normalized spacial score (nSPS) is 11.1. The van der Waals surface area contributed by atoms with Crippen LogP contribution in [0.3, 0.4) is 0 Å². The molecule has 3 aromatic rings. The Bertz CT molecular complexity index is 883. The van der Waals surface area contributed by atoms with Gasteiger partial charge in [-0.1, -0.05) is 11.6 Å². The topological polar surface area (TPSA) is 46.8 Å². The number of aryl methyl sites for hydroxylation is 1. The predicted octanol–water partition coefficient (Wildman–Crippen LogP) is 4.90. The van der Waals surface area contributed by atoms with E-state index < -0.39 is 0 Å². The van der Waals surface area contributed by atoms with Crippen LogP contribution in [0.4, 0.5) is 5.69 Å². The number of hydrogen-bond donors (Lipinski definition) is 1. The smallest absolute Gasteiger partial charge is 0.142 e. The van der Waals surface area contributed by atoms with Gasteiger partial charge in [-0.3, -0.25) is 4.99 Å². The quantitative estimate of drug-likeness (QED) is 0.686. The summed E-state index contributed by atoms with van der Waals surface area (Å²) in [5, 5.41) is 10.4. The number of methoxy groups -OCH3 is 1. The molecular weight excluding hydrogens is 324 g/mol. The SMILES string of the molecule is COc1ccc(-n2c(C)ccc2C=Nc2ccc(Cl)cc2O)cc1. The molecule has 0 unspecified atom stereocenters. The number of nitrogens with zero attached hydrogens (tertiary/aromatic N) is 2. The molecule has 0 atom stereocenters. The van der Waals surface area contributed by atoms with E-state index in [9.17, 15) is 5.11 Å². The van der Waals surface area contributed by atoms with Gasteiger partial charge < -0.3 is 14.4 Å². The van der Waals surface area contributed by atoms with Crippen molar-refractivity contribution >= 4 is 23.5 Å². The Balaban J connectivity index is 1.96. The third-order valence-corrected chi connectivity index (χ3v) is 3.95. The van der Waals surface area contributed by atoms with Gasteiger partial charge in [0.2, 0.25) is 0 Å². The van der Waals surface area contributed by atoms with Gasteiger partial charge in [-0.15, -0.1) is 0 Å². The Morgan fingerprint density at radius 3 is 2.50 bits per heavy atom. The highest BCUT2D eigenvalue weighted by molar-refractivity contribution is 6.30. The van der Waals surface area contributed by atoms with E-state index in [4.69, 9.17) is 16.3 Å². The number of phenols is 1. The fraction of sp³-hybridized carbons (Fsp3) is 0.105. The maximum atomic E-state index is 9.90. The summed E-state index contributed by atoms with van der Waals surface area (Å²) in [5.74, 6) is 0.864. The minimum absolute atomic E-state index is 0.0537. The first kappa shape index (κ1) is 16.1. The molecule has 0 bridgehead atoms. The Morgan fingerprint density at radius 1 is 1.08 bits per heavy atom. The van der Waals surface area contributed by atoms with Crippen LogP contribution >= 0.6 is 11.6 Å². The molecule has 0 aliphatic rings. The van der Waals surface area contributed by atoms with E-state index in [0.717, 1.165) is 22.8 Å². The zero-order valence-corrected chi connectivity index (χ0v) is 14.2. The Morgan fingerprint density at radius 2 is 1.83 bits per heavy atom. The number of halogens is 1. The third-order valence-electron chi connectivity index (χ3n) is 3.71. The fourth-order valence-electron chi connectivity index (χ4n) is 2.48. The summed E-state index contributed by atoms with van der Waals surface area (Å²) in [6, 6.07) is 16.7. The van der Waals surface area contributed by atoms with Crippen LogP contribution in [0.2, 0.25) is 5.02 Å². The number of aliphatic imine (C=N–C) groups is 1. The maximum absolute atomic E-state index is 9.90. The highest BCUT2D eigenvalue weighted by Gasteiger charge is 2.07. The molecule has 0 saturated carbocycles. The summed E-state index contributed by atoms with van der Waals surface area (Å²) >= 11 is 5.84. The predicted molar refractivity (Wildman–Crippen MR) is 97.4 cm³/mol. The van der Waals surface area contributed by atoms with Crippen LogP contribution in [0, 0.1) is 6.92 Å². The first-order valence-electron chi connectivity index (χ1n) is 7.44. The summed E-state index contributed by atoms with van der Waals surface area (Å²) < 4.78 is 7.28. The van der Waals surface area contributed by atoms with Crippen LogP contribution in [0.1, 0.15) is 11.4 Å². The van der Waals surface area contributed by atoms with Gasteiger partial charge in [-0.05, 0) is 55.5 Å². The largest absolute Gasteiger partial charge is 0.506 e. The minimum atomic E-state index is 0.0537. The lowest BCUT2D eigenvalue weighted by Crippen LogP contribution is -2.01. The van der Waals surface area contributed by atoms with Gasteiger partial charge in [0.25, 0.3) is 0 Å². The Kier molecular flexibility index (Phi) is 4.58. The molecule has 5 heteroatoms. The minimum Gasteiger partial charge on any atom is -0.506 e. The molecule has 24 heavy (non-hydrogen) atoms. The van der Waals surface area contributed by atoms with Crippen molar-refractivity contribution < 1.29 is 9.84 Å². The summed E-state index contributed by atoms with van der Waals surface area (Å²) in [4.78, 5) is 4.37. The standard InChI is InChI=1S/C19H17ClN2O2/c1-13-3-5-16(12-21-18-10-4-14(20)11-19(18)23)22(13)15-6-8-17(24-2)9-7-15/h3-12,23H,1-2H3. The first-order chi connectivity index (χ1) is 11.6. The second-order valence-electron chi connectivity index (χ2n) is 5.32. The molecule has 3 rings (SSSR count). The number of aromatic hydroxyl groups is 1. The molecule has 0 amide bonds. The van der Waals surface area contributed by atoms with Gasteiger partial charge in [-0.2, -0.15) is 0 Å². The number of phenolic OH excluding ortho intramolecular Hbond substituents is 1. The molecule has 2 aromatic carbocycles. The van der Waals surface area contributed by atoms with Gasteiger partial charge in [0.1, 0.15) is 17.2 Å². The summed E-state index contributed by atoms with van der Waals surface area (Å²) in [5.41, 5.74) is 3.48. The molecule has 0 spiro atoms. The van der Waals surface area contributed by atoms with E-state index in [1.165, 1.54) is 6.07 Å². The molecule has 0 aliphatic heterocycles. The van der Waals surface area contributed by atoms with Crippen molar-refractivity contribution in [3.8, 4) is 17.2 Å². The van der Waals surface area contributed by atoms with E-state index in [2.05, 4.69) is 9.56 Å². The maximum Gasteiger partial charge on any atom is 0.142 e. The van der Waals surface area contributed by atoms with Crippen molar-refractivity contribution in [2.75, 3.05) is 7.11 Å². The monoisotopic (exact) mass is 340 g/mol. The molecule has 0 saturated heterocycles. The van der Waals surface area contributed by atoms with Gasteiger partial charge in [0.15, 0.2) is 0 Å². The van der Waals surface area contributed by atoms with Crippen molar-refractivity contribution in [2.24, 2.45) is 4.99 Å². The highest BCUT2D eigenvalue weighted by Crippen LogP contribution is 2.29. The van der Waals surface area contributed by atoms with Crippen molar-refractivity contribution in [1.29, 1.82) is 0 Å². The zero-order chi connectivity index (χ0) is 17.1. The van der Waals surface area contributed by atoms with Crippen LogP contribution in [-0.4, -0.2) is 23.0 Å².